The van der Waals surface area contributed by atoms with E-state index in [1.165, 1.54) is 22.3 Å². The summed E-state index contributed by atoms with van der Waals surface area (Å²) in [5.74, 6) is 0. The molecular weight excluding hydrogens is 268 g/mol. The average Bonchev–Trinajstić information content (AvgIpc) is 2.45. The van der Waals surface area contributed by atoms with Crippen molar-refractivity contribution in [1.82, 2.24) is 0 Å². The quantitative estimate of drug-likeness (QED) is 0.638. The monoisotopic (exact) mass is 292 g/mol. The third kappa shape index (κ3) is 3.91. The van der Waals surface area contributed by atoms with E-state index in [4.69, 9.17) is 4.99 Å². The normalized spacial score (nSPS) is 12.6. The molecule has 2 aromatic carbocycles. The van der Waals surface area contributed by atoms with Crippen LogP contribution in [0.15, 0.2) is 46.4 Å². The van der Waals surface area contributed by atoms with Crippen LogP contribution in [0.4, 0.5) is 11.4 Å². The first-order valence-electron chi connectivity index (χ1n) is 7.62. The highest BCUT2D eigenvalue weighted by molar-refractivity contribution is 6.41. The van der Waals surface area contributed by atoms with Gasteiger partial charge in [-0.2, -0.15) is 0 Å². The van der Waals surface area contributed by atoms with E-state index in [9.17, 15) is 0 Å². The first-order chi connectivity index (χ1) is 10.4. The summed E-state index contributed by atoms with van der Waals surface area (Å²) < 4.78 is 0. The maximum Gasteiger partial charge on any atom is 0.0692 e. The molecule has 2 rings (SSSR count). The third-order valence-corrected chi connectivity index (χ3v) is 3.77. The summed E-state index contributed by atoms with van der Waals surface area (Å²) >= 11 is 0. The van der Waals surface area contributed by atoms with Crippen molar-refractivity contribution in [1.29, 1.82) is 0 Å². The van der Waals surface area contributed by atoms with Crippen molar-refractivity contribution in [2.75, 3.05) is 0 Å². The second kappa shape index (κ2) is 6.69. The Morgan fingerprint density at radius 1 is 0.682 bits per heavy atom. The Hall–Kier alpha value is -2.22. The fourth-order valence-electron chi connectivity index (χ4n) is 2.49. The summed E-state index contributed by atoms with van der Waals surface area (Å²) in [4.78, 5) is 9.46. The van der Waals surface area contributed by atoms with E-state index in [0.29, 0.717) is 0 Å². The number of benzene rings is 2. The summed E-state index contributed by atoms with van der Waals surface area (Å²) in [5.41, 5.74) is 8.86. The van der Waals surface area contributed by atoms with E-state index in [1.807, 2.05) is 26.0 Å². The Morgan fingerprint density at radius 2 is 1.18 bits per heavy atom. The van der Waals surface area contributed by atoms with Gasteiger partial charge in [0.15, 0.2) is 0 Å². The van der Waals surface area contributed by atoms with Crippen LogP contribution in [0.1, 0.15) is 36.1 Å². The number of rotatable bonds is 3. The molecule has 0 aliphatic rings. The largest absolute Gasteiger partial charge is 0.252 e. The topological polar surface area (TPSA) is 24.7 Å². The standard InChI is InChI=1S/C20H24N2/c1-13-7-9-19(10-8-13)21-17(5)18(6)22-20-15(3)11-14(2)12-16(20)4/h7-12H,1-6H3. The lowest BCUT2D eigenvalue weighted by atomic mass is 10.1. The Balaban J connectivity index is 2.34. The SMILES string of the molecule is CC(=Nc1ccc(C)cc1)C(C)=Nc1c(C)cc(C)cc1C. The van der Waals surface area contributed by atoms with Gasteiger partial charge in [0.1, 0.15) is 0 Å². The minimum absolute atomic E-state index is 0.947. The Labute approximate surface area is 133 Å². The molecule has 0 bridgehead atoms. The molecule has 0 unspecified atom stereocenters. The molecule has 0 heterocycles. The molecule has 0 saturated heterocycles. The molecule has 2 aromatic rings. The van der Waals surface area contributed by atoms with E-state index < -0.39 is 0 Å². The Bertz CT molecular complexity index is 712. The smallest absolute Gasteiger partial charge is 0.0692 e. The molecule has 0 radical (unpaired) electrons. The van der Waals surface area contributed by atoms with Crippen LogP contribution in [-0.4, -0.2) is 11.4 Å². The fraction of sp³-hybridized carbons (Fsp3) is 0.300. The molecule has 0 aliphatic heterocycles. The highest BCUT2D eigenvalue weighted by Gasteiger charge is 2.05. The number of aryl methyl sites for hydroxylation is 4. The molecule has 2 nitrogen and oxygen atoms in total. The summed E-state index contributed by atoms with van der Waals surface area (Å²) in [6, 6.07) is 12.6. The van der Waals surface area contributed by atoms with Crippen molar-refractivity contribution in [3.63, 3.8) is 0 Å². The van der Waals surface area contributed by atoms with Crippen molar-refractivity contribution in [3.05, 3.63) is 58.7 Å². The predicted molar refractivity (Wildman–Crippen MR) is 97.4 cm³/mol. The van der Waals surface area contributed by atoms with Crippen LogP contribution in [0, 0.1) is 27.7 Å². The minimum Gasteiger partial charge on any atom is -0.252 e. The molecule has 0 spiro atoms. The van der Waals surface area contributed by atoms with Gasteiger partial charge in [0.2, 0.25) is 0 Å². The molecule has 0 fully saturated rings. The van der Waals surface area contributed by atoms with Crippen LogP contribution >= 0.6 is 0 Å². The zero-order valence-corrected chi connectivity index (χ0v) is 14.4. The van der Waals surface area contributed by atoms with Crippen LogP contribution in [-0.2, 0) is 0 Å². The van der Waals surface area contributed by atoms with Crippen LogP contribution in [0.25, 0.3) is 0 Å². The first kappa shape index (κ1) is 16.2. The number of aliphatic imine (C=N–C) groups is 2. The molecule has 0 N–H and O–H groups in total. The summed E-state index contributed by atoms with van der Waals surface area (Å²) in [6.07, 6.45) is 0. The molecule has 114 valence electrons. The Kier molecular flexibility index (Phi) is 4.92. The highest BCUT2D eigenvalue weighted by Crippen LogP contribution is 2.25. The van der Waals surface area contributed by atoms with Crippen LogP contribution in [0.3, 0.4) is 0 Å². The molecule has 0 amide bonds. The maximum atomic E-state index is 4.80. The van der Waals surface area contributed by atoms with Gasteiger partial charge in [-0.3, -0.25) is 9.98 Å². The van der Waals surface area contributed by atoms with Gasteiger partial charge in [0.05, 0.1) is 22.8 Å². The van der Waals surface area contributed by atoms with Crippen molar-refractivity contribution < 1.29 is 0 Å². The lowest BCUT2D eigenvalue weighted by Crippen LogP contribution is -2.05. The zero-order valence-electron chi connectivity index (χ0n) is 14.4. The van der Waals surface area contributed by atoms with Gasteiger partial charge in [0.25, 0.3) is 0 Å². The van der Waals surface area contributed by atoms with E-state index >= 15 is 0 Å². The van der Waals surface area contributed by atoms with E-state index in [0.717, 1.165) is 22.8 Å². The minimum atomic E-state index is 0.947. The van der Waals surface area contributed by atoms with Gasteiger partial charge in [-0.05, 0) is 64.8 Å². The predicted octanol–water partition coefficient (Wildman–Crippen LogP) is 5.81. The molecule has 0 saturated carbocycles. The van der Waals surface area contributed by atoms with Crippen molar-refractivity contribution in [2.45, 2.75) is 41.5 Å². The summed E-state index contributed by atoms with van der Waals surface area (Å²) in [5, 5.41) is 0. The summed E-state index contributed by atoms with van der Waals surface area (Å²) in [6.45, 7) is 12.4. The zero-order chi connectivity index (χ0) is 16.3. The fourth-order valence-corrected chi connectivity index (χ4v) is 2.49. The van der Waals surface area contributed by atoms with Crippen molar-refractivity contribution in [2.24, 2.45) is 9.98 Å². The second-order valence-electron chi connectivity index (χ2n) is 5.98. The van der Waals surface area contributed by atoms with E-state index in [-0.39, 0.29) is 0 Å². The molecule has 0 atom stereocenters. The van der Waals surface area contributed by atoms with Gasteiger partial charge < -0.3 is 0 Å². The third-order valence-electron chi connectivity index (χ3n) is 3.77. The van der Waals surface area contributed by atoms with Gasteiger partial charge in [-0.15, -0.1) is 0 Å². The molecule has 2 heteroatoms. The van der Waals surface area contributed by atoms with Gasteiger partial charge >= 0.3 is 0 Å². The lowest BCUT2D eigenvalue weighted by Gasteiger charge is -2.08. The summed E-state index contributed by atoms with van der Waals surface area (Å²) in [7, 11) is 0. The molecule has 0 aliphatic carbocycles. The van der Waals surface area contributed by atoms with E-state index in [2.05, 4.69) is 57.0 Å². The molecular formula is C20H24N2. The van der Waals surface area contributed by atoms with Crippen molar-refractivity contribution in [3.8, 4) is 0 Å². The molecule has 0 aromatic heterocycles. The van der Waals surface area contributed by atoms with Gasteiger partial charge in [-0.1, -0.05) is 35.4 Å². The van der Waals surface area contributed by atoms with Crippen LogP contribution < -0.4 is 0 Å². The Morgan fingerprint density at radius 3 is 1.73 bits per heavy atom. The number of hydrogen-bond donors (Lipinski definition) is 0. The lowest BCUT2D eigenvalue weighted by molar-refractivity contribution is 1.28. The molecule has 22 heavy (non-hydrogen) atoms. The first-order valence-corrected chi connectivity index (χ1v) is 7.62. The highest BCUT2D eigenvalue weighted by atomic mass is 14.8. The second-order valence-corrected chi connectivity index (χ2v) is 5.98. The van der Waals surface area contributed by atoms with Crippen LogP contribution in [0.5, 0.6) is 0 Å². The number of nitrogens with zero attached hydrogens (tertiary/aromatic N) is 2. The van der Waals surface area contributed by atoms with Crippen molar-refractivity contribution >= 4 is 22.8 Å². The average molecular weight is 292 g/mol. The van der Waals surface area contributed by atoms with Crippen LogP contribution in [0.2, 0.25) is 0 Å². The van der Waals surface area contributed by atoms with Gasteiger partial charge in [0, 0.05) is 0 Å². The number of hydrogen-bond acceptors (Lipinski definition) is 2. The maximum absolute atomic E-state index is 4.80. The van der Waals surface area contributed by atoms with Gasteiger partial charge in [-0.25, -0.2) is 0 Å². The van der Waals surface area contributed by atoms with E-state index in [1.54, 1.807) is 0 Å².